The van der Waals surface area contributed by atoms with Gasteiger partial charge in [0.25, 0.3) is 11.9 Å². The smallest absolute Gasteiger partial charge is 0.300 e. The van der Waals surface area contributed by atoms with Crippen molar-refractivity contribution in [3.8, 4) is 0 Å². The number of aliphatic carboxylic acids is 2. The fraction of sp³-hybridized carbons (Fsp3) is 0.500. The molecule has 0 saturated heterocycles. The van der Waals surface area contributed by atoms with E-state index in [0.717, 1.165) is 13.8 Å². The fourth-order valence-electron chi connectivity index (χ4n) is 0. The van der Waals surface area contributed by atoms with Crippen molar-refractivity contribution in [2.75, 3.05) is 0 Å². The van der Waals surface area contributed by atoms with Crippen molar-refractivity contribution in [1.82, 2.24) is 0 Å². The van der Waals surface area contributed by atoms with Crippen LogP contribution >= 0.6 is 0 Å². The second-order valence-electron chi connectivity index (χ2n) is 1.04. The van der Waals surface area contributed by atoms with Crippen LogP contribution in [0.2, 0.25) is 0 Å². The number of carboxylic acid groups (broad SMARTS) is 2. The van der Waals surface area contributed by atoms with E-state index >= 15 is 0 Å². The molecule has 0 fully saturated rings. The molecule has 0 aromatic carbocycles. The summed E-state index contributed by atoms with van der Waals surface area (Å²) in [5.41, 5.74) is 0. The van der Waals surface area contributed by atoms with Gasteiger partial charge in [-0.15, -0.1) is 0 Å². The Balaban J connectivity index is -0.0000000720. The summed E-state index contributed by atoms with van der Waals surface area (Å²) in [6.45, 7) is 2.17. The molecule has 0 heterocycles. The Hall–Kier alpha value is -0.463. The van der Waals surface area contributed by atoms with Gasteiger partial charge in [-0.3, -0.25) is 9.59 Å². The quantitative estimate of drug-likeness (QED) is 0.442. The summed E-state index contributed by atoms with van der Waals surface area (Å²) in [5, 5.41) is 14.8. The van der Waals surface area contributed by atoms with Crippen molar-refractivity contribution in [3.05, 3.63) is 0 Å². The van der Waals surface area contributed by atoms with Gasteiger partial charge in [0.05, 0.1) is 0 Å². The monoisotopic (exact) mass is 127 g/mol. The van der Waals surface area contributed by atoms with Gasteiger partial charge in [0.2, 0.25) is 0 Å². The Morgan fingerprint density at radius 1 is 1.00 bits per heavy atom. The van der Waals surface area contributed by atoms with Gasteiger partial charge in [0, 0.05) is 32.7 Å². The number of hydrogen-bond donors (Lipinski definition) is 2. The second kappa shape index (κ2) is 10.5. The van der Waals surface area contributed by atoms with Crippen LogP contribution in [0.3, 0.4) is 0 Å². The van der Waals surface area contributed by atoms with E-state index in [1.165, 1.54) is 0 Å². The molecule has 0 aromatic rings. The van der Waals surface area contributed by atoms with E-state index in [1.807, 2.05) is 0 Å². The van der Waals surface area contributed by atoms with Crippen molar-refractivity contribution in [2.45, 2.75) is 13.8 Å². The summed E-state index contributed by atoms with van der Waals surface area (Å²) < 4.78 is 0. The van der Waals surface area contributed by atoms with Crippen molar-refractivity contribution in [2.24, 2.45) is 0 Å². The normalized spacial score (nSPS) is 5.56. The third-order valence-corrected chi connectivity index (χ3v) is 0. The Morgan fingerprint density at radius 3 is 1.00 bits per heavy atom. The van der Waals surface area contributed by atoms with Gasteiger partial charge in [-0.1, -0.05) is 0 Å². The minimum Gasteiger partial charge on any atom is -0.481 e. The maximum atomic E-state index is 9.00. The van der Waals surface area contributed by atoms with Crippen LogP contribution in [0.4, 0.5) is 0 Å². The second-order valence-corrected chi connectivity index (χ2v) is 1.04. The number of hydrogen-bond acceptors (Lipinski definition) is 2. The Labute approximate surface area is 65.0 Å². The summed E-state index contributed by atoms with van der Waals surface area (Å²) in [4.78, 5) is 18.0. The average molecular weight is 127 g/mol. The van der Waals surface area contributed by atoms with Gasteiger partial charge in [-0.2, -0.15) is 0 Å². The molecule has 0 aliphatic rings. The number of carboxylic acids is 2. The van der Waals surface area contributed by atoms with E-state index in [0.29, 0.717) is 0 Å². The summed E-state index contributed by atoms with van der Waals surface area (Å²) in [6.07, 6.45) is 0. The first kappa shape index (κ1) is 15.8. The molecule has 0 aliphatic heterocycles. The summed E-state index contributed by atoms with van der Waals surface area (Å²) in [7, 11) is 0. The maximum absolute atomic E-state index is 9.00. The van der Waals surface area contributed by atoms with Gasteiger partial charge >= 0.3 is 0 Å². The molecule has 0 bridgehead atoms. The standard InChI is InChI=1S/2C2H4O2.Li/c2*1-2(3)4;/h2*1H3,(H,3,4);. The van der Waals surface area contributed by atoms with Crippen molar-refractivity contribution in [1.29, 1.82) is 0 Å². The molecule has 4 nitrogen and oxygen atoms in total. The summed E-state index contributed by atoms with van der Waals surface area (Å²) in [6, 6.07) is 0. The molecule has 0 rings (SSSR count). The Kier molecular flexibility index (Phi) is 18.5. The van der Waals surface area contributed by atoms with E-state index in [9.17, 15) is 0 Å². The molecule has 0 aromatic heterocycles. The van der Waals surface area contributed by atoms with Gasteiger partial charge in [-0.25, -0.2) is 0 Å². The van der Waals surface area contributed by atoms with Crippen LogP contribution in [-0.4, -0.2) is 41.0 Å². The molecule has 0 amide bonds. The van der Waals surface area contributed by atoms with E-state index in [1.54, 1.807) is 0 Å². The first-order valence-electron chi connectivity index (χ1n) is 1.86. The first-order chi connectivity index (χ1) is 3.46. The predicted octanol–water partition coefficient (Wildman–Crippen LogP) is -0.199. The topological polar surface area (TPSA) is 74.6 Å². The molecule has 0 aliphatic carbocycles. The third-order valence-electron chi connectivity index (χ3n) is 0. The molecule has 0 atom stereocenters. The van der Waals surface area contributed by atoms with Gasteiger partial charge in [-0.05, 0) is 0 Å². The zero-order valence-corrected chi connectivity index (χ0v) is 5.71. The molecule has 0 saturated carbocycles. The number of carbonyl (C=O) groups is 2. The van der Waals surface area contributed by atoms with Crippen LogP contribution in [0.1, 0.15) is 13.8 Å². The van der Waals surface area contributed by atoms with Crippen LogP contribution in [-0.2, 0) is 9.59 Å². The largest absolute Gasteiger partial charge is 0.481 e. The Morgan fingerprint density at radius 2 is 1.00 bits per heavy atom. The van der Waals surface area contributed by atoms with Crippen LogP contribution in [0.5, 0.6) is 0 Å². The molecular weight excluding hydrogens is 119 g/mol. The molecule has 0 unspecified atom stereocenters. The Bertz CT molecular complexity index is 70.6. The van der Waals surface area contributed by atoms with Crippen LogP contribution in [0.15, 0.2) is 0 Å². The van der Waals surface area contributed by atoms with Crippen LogP contribution in [0, 0.1) is 0 Å². The minimum atomic E-state index is -0.833. The van der Waals surface area contributed by atoms with E-state index in [-0.39, 0.29) is 18.9 Å². The molecule has 5 heteroatoms. The van der Waals surface area contributed by atoms with E-state index < -0.39 is 11.9 Å². The van der Waals surface area contributed by atoms with Crippen LogP contribution < -0.4 is 0 Å². The van der Waals surface area contributed by atoms with Crippen LogP contribution in [0.25, 0.3) is 0 Å². The zero-order valence-electron chi connectivity index (χ0n) is 5.71. The SMILES string of the molecule is CC(=O)O.CC(=O)O.[Li]. The third kappa shape index (κ3) is 1080. The van der Waals surface area contributed by atoms with E-state index in [4.69, 9.17) is 19.8 Å². The molecular formula is C4H8LiO4. The summed E-state index contributed by atoms with van der Waals surface area (Å²) >= 11 is 0. The van der Waals surface area contributed by atoms with Crippen molar-refractivity contribution in [3.63, 3.8) is 0 Å². The summed E-state index contributed by atoms with van der Waals surface area (Å²) in [5.74, 6) is -1.67. The maximum Gasteiger partial charge on any atom is 0.300 e. The van der Waals surface area contributed by atoms with Crippen molar-refractivity contribution >= 4 is 30.8 Å². The molecule has 2 N–H and O–H groups in total. The molecule has 1 radical (unpaired) electrons. The fourth-order valence-corrected chi connectivity index (χ4v) is 0. The zero-order chi connectivity index (χ0) is 7.15. The first-order valence-corrected chi connectivity index (χ1v) is 1.86. The molecule has 9 heavy (non-hydrogen) atoms. The van der Waals surface area contributed by atoms with Gasteiger partial charge in [0.15, 0.2) is 0 Å². The molecule has 49 valence electrons. The van der Waals surface area contributed by atoms with Crippen molar-refractivity contribution < 1.29 is 19.8 Å². The van der Waals surface area contributed by atoms with Gasteiger partial charge < -0.3 is 10.2 Å². The number of rotatable bonds is 0. The van der Waals surface area contributed by atoms with E-state index in [2.05, 4.69) is 0 Å². The minimum absolute atomic E-state index is 0. The van der Waals surface area contributed by atoms with Gasteiger partial charge in [0.1, 0.15) is 0 Å². The molecule has 0 spiro atoms. The predicted molar refractivity (Wildman–Crippen MR) is 32.4 cm³/mol. The average Bonchev–Trinajstić information content (AvgIpc) is 1.25.